The third-order valence-corrected chi connectivity index (χ3v) is 1.00. The zero-order chi connectivity index (χ0) is 11.1. The fourth-order valence-corrected chi connectivity index (χ4v) is 0.583. The second-order valence-corrected chi connectivity index (χ2v) is 2.51. The maximum atomic E-state index is 10.7. The van der Waals surface area contributed by atoms with Crippen molar-refractivity contribution in [2.75, 3.05) is 6.61 Å². The van der Waals surface area contributed by atoms with Gasteiger partial charge in [-0.25, -0.2) is 4.79 Å². The lowest BCUT2D eigenvalue weighted by atomic mass is 10.3. The van der Waals surface area contributed by atoms with Gasteiger partial charge in [0.25, 0.3) is 0 Å². The predicted octanol–water partition coefficient (Wildman–Crippen LogP) is -0.402. The van der Waals surface area contributed by atoms with Gasteiger partial charge in [-0.1, -0.05) is 0 Å². The minimum atomic E-state index is -0.964. The van der Waals surface area contributed by atoms with Gasteiger partial charge >= 0.3 is 17.9 Å². The molecule has 0 N–H and O–H groups in total. The van der Waals surface area contributed by atoms with Gasteiger partial charge in [-0.05, 0) is 6.92 Å². The van der Waals surface area contributed by atoms with Crippen molar-refractivity contribution < 1.29 is 28.7 Å². The van der Waals surface area contributed by atoms with Crippen molar-refractivity contribution in [1.82, 2.24) is 0 Å². The van der Waals surface area contributed by atoms with Crippen molar-refractivity contribution >= 4 is 23.7 Å². The maximum absolute atomic E-state index is 10.7. The van der Waals surface area contributed by atoms with Crippen LogP contribution in [0.5, 0.6) is 0 Å². The Bertz CT molecular complexity index is 239. The molecule has 0 amide bonds. The Morgan fingerprint density at radius 3 is 2.00 bits per heavy atom. The first-order valence-electron chi connectivity index (χ1n) is 3.78. The molecule has 0 fully saturated rings. The summed E-state index contributed by atoms with van der Waals surface area (Å²) in [5.74, 6) is -2.93. The fourth-order valence-electron chi connectivity index (χ4n) is 0.583. The van der Waals surface area contributed by atoms with Gasteiger partial charge in [0.1, 0.15) is 12.2 Å². The average molecular weight is 202 g/mol. The highest BCUT2D eigenvalue weighted by molar-refractivity contribution is 5.95. The Labute approximate surface area is 80.2 Å². The quantitative estimate of drug-likeness (QED) is 0.455. The molecule has 0 aromatic rings. The molecule has 0 saturated carbocycles. The van der Waals surface area contributed by atoms with Crippen molar-refractivity contribution in [3.05, 3.63) is 0 Å². The van der Waals surface area contributed by atoms with Crippen molar-refractivity contribution in [1.29, 1.82) is 0 Å². The molecule has 0 aliphatic heterocycles. The molecular weight excluding hydrogens is 192 g/mol. The summed E-state index contributed by atoms with van der Waals surface area (Å²) in [6.45, 7) is 1.61. The molecule has 0 radical (unpaired) electrons. The van der Waals surface area contributed by atoms with E-state index in [-0.39, 0.29) is 5.78 Å². The fraction of sp³-hybridized carbons (Fsp3) is 0.500. The Hall–Kier alpha value is -1.72. The molecule has 0 aromatic heterocycles. The topological polar surface area (TPSA) is 86.7 Å². The molecular formula is C8H10O6. The Kier molecular flexibility index (Phi) is 5.13. The highest BCUT2D eigenvalue weighted by Gasteiger charge is 2.11. The molecule has 0 spiro atoms. The van der Waals surface area contributed by atoms with E-state index in [4.69, 9.17) is 0 Å². The molecule has 14 heavy (non-hydrogen) atoms. The van der Waals surface area contributed by atoms with Crippen LogP contribution in [-0.2, 0) is 28.7 Å². The molecule has 6 heteroatoms. The second kappa shape index (κ2) is 5.85. The number of hydrogen-bond acceptors (Lipinski definition) is 6. The van der Waals surface area contributed by atoms with Gasteiger partial charge in [0.2, 0.25) is 0 Å². The van der Waals surface area contributed by atoms with Crippen molar-refractivity contribution in [3.63, 3.8) is 0 Å². The number of esters is 3. The van der Waals surface area contributed by atoms with E-state index < -0.39 is 30.9 Å². The van der Waals surface area contributed by atoms with E-state index in [9.17, 15) is 19.2 Å². The molecule has 0 unspecified atom stereocenters. The van der Waals surface area contributed by atoms with Crippen molar-refractivity contribution in [2.24, 2.45) is 0 Å². The Morgan fingerprint density at radius 2 is 1.57 bits per heavy atom. The van der Waals surface area contributed by atoms with Gasteiger partial charge in [0, 0.05) is 6.92 Å². The van der Waals surface area contributed by atoms with E-state index in [0.29, 0.717) is 0 Å². The van der Waals surface area contributed by atoms with Gasteiger partial charge in [-0.15, -0.1) is 0 Å². The van der Waals surface area contributed by atoms with Crippen LogP contribution in [0.1, 0.15) is 20.3 Å². The summed E-state index contributed by atoms with van der Waals surface area (Å²) in [6, 6.07) is 0. The SMILES string of the molecule is CC(=O)CC(=O)OCC(=O)OC(C)=O. The van der Waals surface area contributed by atoms with Crippen molar-refractivity contribution in [3.8, 4) is 0 Å². The minimum absolute atomic E-state index is 0.366. The second-order valence-electron chi connectivity index (χ2n) is 2.51. The average Bonchev–Trinajstić information content (AvgIpc) is 1.98. The third kappa shape index (κ3) is 6.96. The Balaban J connectivity index is 3.72. The van der Waals surface area contributed by atoms with Crippen LogP contribution >= 0.6 is 0 Å². The molecule has 0 aliphatic carbocycles. The van der Waals surface area contributed by atoms with E-state index in [1.165, 1.54) is 6.92 Å². The highest BCUT2D eigenvalue weighted by atomic mass is 16.6. The van der Waals surface area contributed by atoms with E-state index in [0.717, 1.165) is 6.92 Å². The summed E-state index contributed by atoms with van der Waals surface area (Å²) in [5.41, 5.74) is 0. The summed E-state index contributed by atoms with van der Waals surface area (Å²) in [6.07, 6.45) is -0.395. The van der Waals surface area contributed by atoms with Crippen LogP contribution in [0.25, 0.3) is 0 Å². The molecule has 78 valence electrons. The van der Waals surface area contributed by atoms with Crippen molar-refractivity contribution in [2.45, 2.75) is 20.3 Å². The van der Waals surface area contributed by atoms with E-state index >= 15 is 0 Å². The van der Waals surface area contributed by atoms with Crippen LogP contribution in [0.4, 0.5) is 0 Å². The lowest BCUT2D eigenvalue weighted by molar-refractivity contribution is -0.166. The minimum Gasteiger partial charge on any atom is -0.453 e. The summed E-state index contributed by atoms with van der Waals surface area (Å²) in [5, 5.41) is 0. The molecule has 0 rings (SSSR count). The molecule has 0 heterocycles. The third-order valence-electron chi connectivity index (χ3n) is 1.00. The van der Waals surface area contributed by atoms with Crippen LogP contribution < -0.4 is 0 Å². The summed E-state index contributed by atoms with van der Waals surface area (Å²) < 4.78 is 8.39. The largest absolute Gasteiger partial charge is 0.453 e. The van der Waals surface area contributed by atoms with E-state index in [1.807, 2.05) is 0 Å². The summed E-state index contributed by atoms with van der Waals surface area (Å²) >= 11 is 0. The van der Waals surface area contributed by atoms with Gasteiger partial charge in [0.05, 0.1) is 0 Å². The number of hydrogen-bond donors (Lipinski definition) is 0. The maximum Gasteiger partial charge on any atom is 0.351 e. The zero-order valence-electron chi connectivity index (χ0n) is 7.86. The monoisotopic (exact) mass is 202 g/mol. The number of carbonyl (C=O) groups excluding carboxylic acids is 4. The highest BCUT2D eigenvalue weighted by Crippen LogP contribution is 1.89. The van der Waals surface area contributed by atoms with E-state index in [1.54, 1.807) is 0 Å². The molecule has 0 aliphatic rings. The Morgan fingerprint density at radius 1 is 1.00 bits per heavy atom. The standard InChI is InChI=1S/C8H10O6/c1-5(9)3-7(11)13-4-8(12)14-6(2)10/h3-4H2,1-2H3. The molecule has 0 bridgehead atoms. The van der Waals surface area contributed by atoms with Crippen LogP contribution in [0.15, 0.2) is 0 Å². The molecule has 0 saturated heterocycles. The number of Topliss-reactive ketones (excluding diaryl/α,β-unsaturated/α-hetero) is 1. The number of ether oxygens (including phenoxy) is 2. The smallest absolute Gasteiger partial charge is 0.351 e. The molecule has 0 atom stereocenters. The summed E-state index contributed by atoms with van der Waals surface area (Å²) in [7, 11) is 0. The summed E-state index contributed by atoms with van der Waals surface area (Å²) in [4.78, 5) is 42.0. The van der Waals surface area contributed by atoms with Gasteiger partial charge < -0.3 is 9.47 Å². The first-order chi connectivity index (χ1) is 6.41. The van der Waals surface area contributed by atoms with Gasteiger partial charge in [-0.2, -0.15) is 0 Å². The first kappa shape index (κ1) is 12.3. The predicted molar refractivity (Wildman–Crippen MR) is 43.0 cm³/mol. The number of rotatable bonds is 4. The lowest BCUT2D eigenvalue weighted by Gasteiger charge is -2.01. The molecule has 6 nitrogen and oxygen atoms in total. The number of carbonyl (C=O) groups is 4. The van der Waals surface area contributed by atoms with Crippen LogP contribution in [0, 0.1) is 0 Å². The van der Waals surface area contributed by atoms with E-state index in [2.05, 4.69) is 9.47 Å². The first-order valence-corrected chi connectivity index (χ1v) is 3.78. The normalized spacial score (nSPS) is 9.00. The van der Waals surface area contributed by atoms with Crippen LogP contribution in [0.3, 0.4) is 0 Å². The van der Waals surface area contributed by atoms with Crippen LogP contribution in [-0.4, -0.2) is 30.3 Å². The lowest BCUT2D eigenvalue weighted by Crippen LogP contribution is -2.19. The zero-order valence-corrected chi connectivity index (χ0v) is 7.86. The van der Waals surface area contributed by atoms with Crippen LogP contribution in [0.2, 0.25) is 0 Å². The van der Waals surface area contributed by atoms with Gasteiger partial charge in [-0.3, -0.25) is 14.4 Å². The van der Waals surface area contributed by atoms with Gasteiger partial charge in [0.15, 0.2) is 6.61 Å². The molecule has 0 aromatic carbocycles. The number of ketones is 1.